The van der Waals surface area contributed by atoms with E-state index in [1.165, 1.54) is 12.1 Å². The molecule has 0 unspecified atom stereocenters. The molecule has 1 heterocycles. The Bertz CT molecular complexity index is 526. The maximum Gasteiger partial charge on any atom is 0.416 e. The van der Waals surface area contributed by atoms with Gasteiger partial charge in [0.2, 0.25) is 0 Å². The third-order valence-electron chi connectivity index (χ3n) is 3.62. The standard InChI is InChI=1S/C14H14Br2F3NO2/c15-11(16)12(21)22-13(5-7-20-8-6-13)9-1-3-10(4-2-9)14(17,18)19/h1-4,11,20H,5-8H2. The molecule has 0 bridgehead atoms. The Labute approximate surface area is 142 Å². The molecule has 1 fully saturated rings. The van der Waals surface area contributed by atoms with Crippen LogP contribution in [0.15, 0.2) is 24.3 Å². The normalized spacial score (nSPS) is 18.3. The van der Waals surface area contributed by atoms with Gasteiger partial charge < -0.3 is 10.1 Å². The molecule has 1 N–H and O–H groups in total. The lowest BCUT2D eigenvalue weighted by Gasteiger charge is -2.38. The molecule has 1 aliphatic heterocycles. The summed E-state index contributed by atoms with van der Waals surface area (Å²) in [4.78, 5) is 11.9. The van der Waals surface area contributed by atoms with E-state index in [-0.39, 0.29) is 0 Å². The Hall–Kier alpha value is -0.600. The number of esters is 1. The van der Waals surface area contributed by atoms with Crippen molar-refractivity contribution in [1.29, 1.82) is 0 Å². The summed E-state index contributed by atoms with van der Waals surface area (Å²) in [7, 11) is 0. The van der Waals surface area contributed by atoms with Crippen LogP contribution in [0.1, 0.15) is 24.0 Å². The largest absolute Gasteiger partial charge is 0.453 e. The molecule has 0 aliphatic carbocycles. The lowest BCUT2D eigenvalue weighted by molar-refractivity contribution is -0.161. The summed E-state index contributed by atoms with van der Waals surface area (Å²) in [6, 6.07) is 4.82. The van der Waals surface area contributed by atoms with Crippen molar-refractivity contribution in [2.45, 2.75) is 28.4 Å². The quantitative estimate of drug-likeness (QED) is 0.566. The van der Waals surface area contributed by atoms with Gasteiger partial charge in [-0.15, -0.1) is 0 Å². The van der Waals surface area contributed by atoms with Crippen LogP contribution in [0.5, 0.6) is 0 Å². The van der Waals surface area contributed by atoms with Gasteiger partial charge in [0.15, 0.2) is 3.74 Å². The molecule has 2 rings (SSSR count). The molecule has 1 aliphatic rings. The summed E-state index contributed by atoms with van der Waals surface area (Å²) in [6.07, 6.45) is -3.36. The molecular weight excluding hydrogens is 431 g/mol. The average Bonchev–Trinajstić information content (AvgIpc) is 2.47. The Morgan fingerprint density at radius 1 is 1.18 bits per heavy atom. The van der Waals surface area contributed by atoms with Crippen LogP contribution >= 0.6 is 31.9 Å². The van der Waals surface area contributed by atoms with Gasteiger partial charge >= 0.3 is 12.1 Å². The van der Waals surface area contributed by atoms with Crippen molar-refractivity contribution >= 4 is 37.8 Å². The van der Waals surface area contributed by atoms with E-state index in [0.717, 1.165) is 12.1 Å². The highest BCUT2D eigenvalue weighted by atomic mass is 79.9. The van der Waals surface area contributed by atoms with Crippen LogP contribution in [-0.2, 0) is 21.3 Å². The van der Waals surface area contributed by atoms with Crippen molar-refractivity contribution in [3.8, 4) is 0 Å². The number of carbonyl (C=O) groups excluding carboxylic acids is 1. The second kappa shape index (κ2) is 6.88. The molecule has 0 saturated carbocycles. The predicted molar refractivity (Wildman–Crippen MR) is 83.0 cm³/mol. The third-order valence-corrected chi connectivity index (χ3v) is 4.37. The molecular formula is C14H14Br2F3NO2. The van der Waals surface area contributed by atoms with E-state index in [1.807, 2.05) is 0 Å². The average molecular weight is 445 g/mol. The predicted octanol–water partition coefficient (Wildman–Crippen LogP) is 3.94. The number of carbonyl (C=O) groups is 1. The van der Waals surface area contributed by atoms with Gasteiger partial charge in [-0.1, -0.05) is 44.0 Å². The summed E-state index contributed by atoms with van der Waals surface area (Å²) in [6.45, 7) is 1.26. The van der Waals surface area contributed by atoms with Crippen molar-refractivity contribution in [2.24, 2.45) is 0 Å². The first kappa shape index (κ1) is 17.7. The van der Waals surface area contributed by atoms with Crippen LogP contribution in [0.4, 0.5) is 13.2 Å². The summed E-state index contributed by atoms with van der Waals surface area (Å²) in [5, 5.41) is 3.15. The van der Waals surface area contributed by atoms with Gasteiger partial charge in [0.25, 0.3) is 0 Å². The van der Waals surface area contributed by atoms with Gasteiger partial charge in [0.1, 0.15) is 5.60 Å². The van der Waals surface area contributed by atoms with Crippen LogP contribution in [0.3, 0.4) is 0 Å². The van der Waals surface area contributed by atoms with Gasteiger partial charge in [-0.3, -0.25) is 0 Å². The van der Waals surface area contributed by atoms with Gasteiger partial charge in [0.05, 0.1) is 5.56 Å². The summed E-state index contributed by atoms with van der Waals surface area (Å²) in [5.41, 5.74) is -1.03. The molecule has 0 atom stereocenters. The Kier molecular flexibility index (Phi) is 5.55. The highest BCUT2D eigenvalue weighted by Gasteiger charge is 2.39. The number of benzene rings is 1. The minimum Gasteiger partial charge on any atom is -0.453 e. The Morgan fingerprint density at radius 2 is 1.73 bits per heavy atom. The second-order valence-electron chi connectivity index (χ2n) is 5.04. The number of rotatable bonds is 3. The molecule has 22 heavy (non-hydrogen) atoms. The molecule has 1 aromatic carbocycles. The highest BCUT2D eigenvalue weighted by molar-refractivity contribution is 9.25. The molecule has 0 aromatic heterocycles. The maximum absolute atomic E-state index is 12.7. The van der Waals surface area contributed by atoms with Crippen LogP contribution in [0.25, 0.3) is 0 Å². The van der Waals surface area contributed by atoms with E-state index in [4.69, 9.17) is 4.74 Å². The van der Waals surface area contributed by atoms with Crippen molar-refractivity contribution in [3.63, 3.8) is 0 Å². The molecule has 0 radical (unpaired) electrons. The lowest BCUT2D eigenvalue weighted by atomic mass is 9.84. The van der Waals surface area contributed by atoms with E-state index in [9.17, 15) is 18.0 Å². The fraction of sp³-hybridized carbons (Fsp3) is 0.500. The first-order chi connectivity index (χ1) is 10.2. The zero-order valence-electron chi connectivity index (χ0n) is 11.4. The van der Waals surface area contributed by atoms with Crippen LogP contribution in [0, 0.1) is 0 Å². The molecule has 8 heteroatoms. The number of halogens is 5. The van der Waals surface area contributed by atoms with Crippen molar-refractivity contribution in [1.82, 2.24) is 5.32 Å². The first-order valence-electron chi connectivity index (χ1n) is 6.64. The van der Waals surface area contributed by atoms with Crippen molar-refractivity contribution in [2.75, 3.05) is 13.1 Å². The second-order valence-corrected chi connectivity index (χ2v) is 8.10. The minimum absolute atomic E-state index is 0.498. The van der Waals surface area contributed by atoms with Gasteiger partial charge in [-0.25, -0.2) is 4.79 Å². The van der Waals surface area contributed by atoms with E-state index in [2.05, 4.69) is 37.2 Å². The van der Waals surface area contributed by atoms with Crippen molar-refractivity contribution < 1.29 is 22.7 Å². The number of piperidine rings is 1. The van der Waals surface area contributed by atoms with Gasteiger partial charge in [0, 0.05) is 12.8 Å². The Morgan fingerprint density at radius 3 is 2.18 bits per heavy atom. The van der Waals surface area contributed by atoms with Crippen molar-refractivity contribution in [3.05, 3.63) is 35.4 Å². The topological polar surface area (TPSA) is 38.3 Å². The number of alkyl halides is 5. The molecule has 1 saturated heterocycles. The maximum atomic E-state index is 12.7. The zero-order valence-corrected chi connectivity index (χ0v) is 14.6. The molecule has 3 nitrogen and oxygen atoms in total. The fourth-order valence-electron chi connectivity index (χ4n) is 2.48. The monoisotopic (exact) mass is 443 g/mol. The zero-order chi connectivity index (χ0) is 16.4. The van der Waals surface area contributed by atoms with E-state index >= 15 is 0 Å². The first-order valence-corrected chi connectivity index (χ1v) is 8.47. The molecule has 0 spiro atoms. The summed E-state index contributed by atoms with van der Waals surface area (Å²) < 4.78 is 42.9. The smallest absolute Gasteiger partial charge is 0.416 e. The highest BCUT2D eigenvalue weighted by Crippen LogP contribution is 2.38. The lowest BCUT2D eigenvalue weighted by Crippen LogP contribution is -2.43. The Balaban J connectivity index is 2.31. The summed E-state index contributed by atoms with van der Waals surface area (Å²) in [5.74, 6) is -0.498. The van der Waals surface area contributed by atoms with E-state index in [1.54, 1.807) is 0 Å². The number of ether oxygens (including phenoxy) is 1. The number of hydrogen-bond donors (Lipinski definition) is 1. The van der Waals surface area contributed by atoms with E-state index < -0.39 is 27.0 Å². The van der Waals surface area contributed by atoms with Crippen LogP contribution in [0.2, 0.25) is 0 Å². The minimum atomic E-state index is -4.38. The van der Waals surface area contributed by atoms with Gasteiger partial charge in [-0.05, 0) is 30.8 Å². The van der Waals surface area contributed by atoms with E-state index in [0.29, 0.717) is 31.5 Å². The van der Waals surface area contributed by atoms with Gasteiger partial charge in [-0.2, -0.15) is 13.2 Å². The van der Waals surface area contributed by atoms with Crippen LogP contribution in [-0.4, -0.2) is 22.8 Å². The number of nitrogens with one attached hydrogen (secondary N) is 1. The fourth-order valence-corrected chi connectivity index (χ4v) is 2.67. The SMILES string of the molecule is O=C(OC1(c2ccc(C(F)(F)F)cc2)CCNCC1)C(Br)Br. The number of hydrogen-bond acceptors (Lipinski definition) is 3. The molecule has 1 aromatic rings. The molecule has 0 amide bonds. The van der Waals surface area contributed by atoms with Crippen LogP contribution < -0.4 is 5.32 Å². The third kappa shape index (κ3) is 4.02. The molecule has 122 valence electrons. The summed E-state index contributed by atoms with van der Waals surface area (Å²) >= 11 is 6.16.